The van der Waals surface area contributed by atoms with Gasteiger partial charge in [0.15, 0.2) is 6.61 Å². The van der Waals surface area contributed by atoms with Crippen LogP contribution in [0.3, 0.4) is 0 Å². The Morgan fingerprint density at radius 2 is 1.68 bits per heavy atom. The van der Waals surface area contributed by atoms with Gasteiger partial charge in [-0.05, 0) is 36.4 Å². The number of nitrogens with zero attached hydrogens (tertiary/aromatic N) is 1. The van der Waals surface area contributed by atoms with Gasteiger partial charge >= 0.3 is 5.97 Å². The number of hydrogen-bond donors (Lipinski definition) is 1. The molecule has 7 heteroatoms. The molecule has 0 heterocycles. The zero-order valence-corrected chi connectivity index (χ0v) is 12.7. The van der Waals surface area contributed by atoms with Crippen LogP contribution in [-0.2, 0) is 14.8 Å². The van der Waals surface area contributed by atoms with E-state index in [-0.39, 0.29) is 4.90 Å². The van der Waals surface area contributed by atoms with Gasteiger partial charge in [0.2, 0.25) is 0 Å². The van der Waals surface area contributed by atoms with Crippen LogP contribution in [0.15, 0.2) is 59.5 Å². The number of hydrogen-bond acceptors (Lipinski definition) is 4. The lowest BCUT2D eigenvalue weighted by Crippen LogP contribution is -2.26. The number of carboxylic acid groups (broad SMARTS) is 1. The summed E-state index contributed by atoms with van der Waals surface area (Å²) in [5.74, 6) is -0.802. The standard InChI is InChI=1S/C15H15NO5S/c1-16(12-5-3-2-4-6-12)22(19,20)14-9-7-13(8-10-14)21-11-15(17)18/h2-10H,11H2,1H3,(H,17,18). The van der Waals surface area contributed by atoms with Gasteiger partial charge in [0.05, 0.1) is 10.6 Å². The first-order chi connectivity index (χ1) is 10.4. The molecule has 0 atom stereocenters. The Bertz CT molecular complexity index is 741. The van der Waals surface area contributed by atoms with Gasteiger partial charge in [-0.2, -0.15) is 0 Å². The van der Waals surface area contributed by atoms with Crippen LogP contribution in [0.5, 0.6) is 5.75 Å². The van der Waals surface area contributed by atoms with E-state index in [0.717, 1.165) is 0 Å². The van der Waals surface area contributed by atoms with Gasteiger partial charge in [-0.1, -0.05) is 18.2 Å². The lowest BCUT2D eigenvalue weighted by molar-refractivity contribution is -0.139. The second kappa shape index (κ2) is 6.48. The summed E-state index contributed by atoms with van der Waals surface area (Å²) in [5.41, 5.74) is 0.550. The Kier molecular flexibility index (Phi) is 4.67. The monoisotopic (exact) mass is 321 g/mol. The Morgan fingerprint density at radius 3 is 2.23 bits per heavy atom. The van der Waals surface area contributed by atoms with Crippen molar-refractivity contribution in [2.24, 2.45) is 0 Å². The lowest BCUT2D eigenvalue weighted by atomic mass is 10.3. The minimum atomic E-state index is -3.68. The normalized spacial score (nSPS) is 11.0. The highest BCUT2D eigenvalue weighted by molar-refractivity contribution is 7.92. The molecule has 0 unspecified atom stereocenters. The molecule has 0 saturated heterocycles. The summed E-state index contributed by atoms with van der Waals surface area (Å²) < 4.78 is 31.2. The number of ether oxygens (including phenoxy) is 1. The summed E-state index contributed by atoms with van der Waals surface area (Å²) in [6, 6.07) is 14.3. The smallest absolute Gasteiger partial charge is 0.341 e. The third kappa shape index (κ3) is 3.56. The van der Waals surface area contributed by atoms with E-state index in [1.807, 2.05) is 0 Å². The van der Waals surface area contributed by atoms with E-state index in [2.05, 4.69) is 0 Å². The van der Waals surface area contributed by atoms with Crippen molar-refractivity contribution in [3.63, 3.8) is 0 Å². The van der Waals surface area contributed by atoms with Crippen molar-refractivity contribution in [3.05, 3.63) is 54.6 Å². The first kappa shape index (κ1) is 15.8. The number of para-hydroxylation sites is 1. The molecular formula is C15H15NO5S. The van der Waals surface area contributed by atoms with Gasteiger partial charge in [0, 0.05) is 7.05 Å². The maximum absolute atomic E-state index is 12.5. The van der Waals surface area contributed by atoms with Gasteiger partial charge in [-0.3, -0.25) is 4.31 Å². The third-order valence-corrected chi connectivity index (χ3v) is 4.76. The van der Waals surface area contributed by atoms with E-state index in [4.69, 9.17) is 9.84 Å². The number of carbonyl (C=O) groups is 1. The zero-order valence-electron chi connectivity index (χ0n) is 11.8. The second-order valence-electron chi connectivity index (χ2n) is 4.46. The molecule has 1 N–H and O–H groups in total. The first-order valence-corrected chi connectivity index (χ1v) is 7.84. The van der Waals surface area contributed by atoms with Gasteiger partial charge < -0.3 is 9.84 Å². The fraction of sp³-hybridized carbons (Fsp3) is 0.133. The lowest BCUT2D eigenvalue weighted by Gasteiger charge is -2.19. The van der Waals surface area contributed by atoms with Crippen LogP contribution in [0.4, 0.5) is 5.69 Å². The molecular weight excluding hydrogens is 306 g/mol. The maximum atomic E-state index is 12.5. The first-order valence-electron chi connectivity index (χ1n) is 6.40. The average molecular weight is 321 g/mol. The van der Waals surface area contributed by atoms with Crippen LogP contribution < -0.4 is 9.04 Å². The molecule has 2 aromatic rings. The largest absolute Gasteiger partial charge is 0.482 e. The maximum Gasteiger partial charge on any atom is 0.341 e. The summed E-state index contributed by atoms with van der Waals surface area (Å²) in [6.07, 6.45) is 0. The van der Waals surface area contributed by atoms with Crippen LogP contribution in [-0.4, -0.2) is 33.1 Å². The molecule has 22 heavy (non-hydrogen) atoms. The summed E-state index contributed by atoms with van der Waals surface area (Å²) in [4.78, 5) is 10.5. The molecule has 0 aliphatic carbocycles. The molecule has 0 bridgehead atoms. The van der Waals surface area contributed by atoms with Crippen molar-refractivity contribution >= 4 is 21.7 Å². The van der Waals surface area contributed by atoms with Crippen LogP contribution in [0.25, 0.3) is 0 Å². The van der Waals surface area contributed by atoms with Crippen LogP contribution in [0, 0.1) is 0 Å². The summed E-state index contributed by atoms with van der Waals surface area (Å²) in [7, 11) is -2.21. The highest BCUT2D eigenvalue weighted by atomic mass is 32.2. The molecule has 2 rings (SSSR count). The molecule has 2 aromatic carbocycles. The quantitative estimate of drug-likeness (QED) is 0.879. The molecule has 0 aliphatic heterocycles. The second-order valence-corrected chi connectivity index (χ2v) is 6.43. The average Bonchev–Trinajstić information content (AvgIpc) is 2.53. The highest BCUT2D eigenvalue weighted by Gasteiger charge is 2.21. The van der Waals surface area contributed by atoms with Crippen molar-refractivity contribution < 1.29 is 23.1 Å². The number of rotatable bonds is 6. The predicted octanol–water partition coefficient (Wildman–Crippen LogP) is 1.98. The number of anilines is 1. The van der Waals surface area contributed by atoms with Crippen molar-refractivity contribution in [2.75, 3.05) is 18.0 Å². The molecule has 0 aromatic heterocycles. The number of benzene rings is 2. The van der Waals surface area contributed by atoms with Crippen molar-refractivity contribution in [2.45, 2.75) is 4.90 Å². The fourth-order valence-electron chi connectivity index (χ4n) is 1.79. The van der Waals surface area contributed by atoms with Gasteiger partial charge in [0.25, 0.3) is 10.0 Å². The summed E-state index contributed by atoms with van der Waals surface area (Å²) in [5, 5.41) is 8.53. The number of sulfonamides is 1. The predicted molar refractivity (Wildman–Crippen MR) is 81.6 cm³/mol. The Balaban J connectivity index is 2.21. The van der Waals surface area contributed by atoms with Crippen LogP contribution >= 0.6 is 0 Å². The van der Waals surface area contributed by atoms with E-state index < -0.39 is 22.6 Å². The zero-order chi connectivity index (χ0) is 16.2. The van der Waals surface area contributed by atoms with Crippen LogP contribution in [0.1, 0.15) is 0 Å². The molecule has 116 valence electrons. The Morgan fingerprint density at radius 1 is 1.09 bits per heavy atom. The Labute approximate surface area is 128 Å². The molecule has 6 nitrogen and oxygen atoms in total. The molecule has 0 spiro atoms. The SMILES string of the molecule is CN(c1ccccc1)S(=O)(=O)c1ccc(OCC(=O)O)cc1. The van der Waals surface area contributed by atoms with E-state index in [0.29, 0.717) is 11.4 Å². The summed E-state index contributed by atoms with van der Waals surface area (Å²) in [6.45, 7) is -0.476. The van der Waals surface area contributed by atoms with E-state index in [9.17, 15) is 13.2 Å². The Hall–Kier alpha value is -2.54. The van der Waals surface area contributed by atoms with Crippen molar-refractivity contribution in [1.29, 1.82) is 0 Å². The molecule has 0 saturated carbocycles. The fourth-order valence-corrected chi connectivity index (χ4v) is 2.98. The third-order valence-electron chi connectivity index (χ3n) is 2.96. The van der Waals surface area contributed by atoms with Crippen LogP contribution in [0.2, 0.25) is 0 Å². The minimum Gasteiger partial charge on any atom is -0.482 e. The van der Waals surface area contributed by atoms with E-state index in [1.54, 1.807) is 30.3 Å². The van der Waals surface area contributed by atoms with Crippen molar-refractivity contribution in [1.82, 2.24) is 0 Å². The van der Waals surface area contributed by atoms with Gasteiger partial charge in [-0.25, -0.2) is 13.2 Å². The van der Waals surface area contributed by atoms with Gasteiger partial charge in [0.1, 0.15) is 5.75 Å². The van der Waals surface area contributed by atoms with Gasteiger partial charge in [-0.15, -0.1) is 0 Å². The minimum absolute atomic E-state index is 0.0986. The summed E-state index contributed by atoms with van der Waals surface area (Å²) >= 11 is 0. The number of carboxylic acids is 1. The molecule has 0 radical (unpaired) electrons. The number of aliphatic carboxylic acids is 1. The molecule has 0 amide bonds. The van der Waals surface area contributed by atoms with Crippen molar-refractivity contribution in [3.8, 4) is 5.75 Å². The molecule has 0 aliphatic rings. The molecule has 0 fully saturated rings. The van der Waals surface area contributed by atoms with E-state index >= 15 is 0 Å². The topological polar surface area (TPSA) is 83.9 Å². The van der Waals surface area contributed by atoms with E-state index in [1.165, 1.54) is 35.6 Å². The highest BCUT2D eigenvalue weighted by Crippen LogP contribution is 2.23.